The highest BCUT2D eigenvalue weighted by Crippen LogP contribution is 2.25. The van der Waals surface area contributed by atoms with Crippen LogP contribution in [0.15, 0.2) is 18.2 Å². The van der Waals surface area contributed by atoms with Gasteiger partial charge in [0.2, 0.25) is 5.91 Å². The van der Waals surface area contributed by atoms with Crippen LogP contribution in [0.3, 0.4) is 0 Å². The van der Waals surface area contributed by atoms with Crippen molar-refractivity contribution in [3.05, 3.63) is 38.9 Å². The highest BCUT2D eigenvalue weighted by molar-refractivity contribution is 6.32. The van der Waals surface area contributed by atoms with E-state index in [0.29, 0.717) is 0 Å². The molecule has 0 aliphatic heterocycles. The minimum Gasteiger partial charge on any atom is -0.352 e. The van der Waals surface area contributed by atoms with Crippen LogP contribution in [-0.4, -0.2) is 28.8 Å². The molecular weight excluding hydrogens is 382 g/mol. The van der Waals surface area contributed by atoms with Crippen molar-refractivity contribution in [2.24, 2.45) is 5.92 Å². The Hall–Kier alpha value is -2.15. The Morgan fingerprint density at radius 3 is 2.32 bits per heavy atom. The zero-order chi connectivity index (χ0) is 20.7. The van der Waals surface area contributed by atoms with Gasteiger partial charge in [0.1, 0.15) is 11.1 Å². The second-order valence-electron chi connectivity index (χ2n) is 7.67. The van der Waals surface area contributed by atoms with E-state index in [1.807, 2.05) is 13.8 Å². The summed E-state index contributed by atoms with van der Waals surface area (Å²) in [7, 11) is 0. The fourth-order valence-electron chi connectivity index (χ4n) is 3.44. The normalized spacial score (nSPS) is 16.7. The molecule has 0 aromatic heterocycles. The lowest BCUT2D eigenvalue weighted by Gasteiger charge is -2.26. The molecule has 1 aliphatic carbocycles. The molecule has 154 valence electrons. The number of amides is 2. The number of nitro benzene ring substituents is 1. The van der Waals surface area contributed by atoms with Gasteiger partial charge in [-0.15, -0.1) is 0 Å². The Labute approximate surface area is 170 Å². The zero-order valence-corrected chi connectivity index (χ0v) is 17.1. The molecule has 1 aromatic rings. The second kappa shape index (κ2) is 10.4. The van der Waals surface area contributed by atoms with E-state index in [4.69, 9.17) is 11.6 Å². The van der Waals surface area contributed by atoms with E-state index in [1.165, 1.54) is 31.4 Å². The van der Waals surface area contributed by atoms with E-state index in [0.717, 1.165) is 31.7 Å². The van der Waals surface area contributed by atoms with Crippen LogP contribution in [-0.2, 0) is 4.79 Å². The maximum Gasteiger partial charge on any atom is 0.288 e. The SMILES string of the molecule is CC(C)[C@H](NC(=O)c1ccc(Cl)c([N+](=O)[O-])c1)C(=O)NC1CCCCCCC1. The first-order valence-corrected chi connectivity index (χ1v) is 10.2. The highest BCUT2D eigenvalue weighted by Gasteiger charge is 2.27. The maximum atomic E-state index is 12.8. The number of carbonyl (C=O) groups excluding carboxylic acids is 2. The largest absolute Gasteiger partial charge is 0.352 e. The highest BCUT2D eigenvalue weighted by atomic mass is 35.5. The summed E-state index contributed by atoms with van der Waals surface area (Å²) in [5.74, 6) is -0.872. The summed E-state index contributed by atoms with van der Waals surface area (Å²) in [5.41, 5.74) is -0.241. The van der Waals surface area contributed by atoms with E-state index in [2.05, 4.69) is 10.6 Å². The van der Waals surface area contributed by atoms with Gasteiger partial charge in [0.05, 0.1) is 4.92 Å². The van der Waals surface area contributed by atoms with Gasteiger partial charge in [-0.05, 0) is 30.9 Å². The van der Waals surface area contributed by atoms with Crippen LogP contribution in [0.25, 0.3) is 0 Å². The Balaban J connectivity index is 2.06. The van der Waals surface area contributed by atoms with E-state index in [-0.39, 0.29) is 34.1 Å². The van der Waals surface area contributed by atoms with Crippen molar-refractivity contribution < 1.29 is 14.5 Å². The third-order valence-corrected chi connectivity index (χ3v) is 5.41. The van der Waals surface area contributed by atoms with Crippen LogP contribution in [0.1, 0.15) is 69.2 Å². The molecule has 1 fully saturated rings. The Bertz CT molecular complexity index is 715. The topological polar surface area (TPSA) is 101 Å². The molecule has 8 heteroatoms. The number of nitrogens with one attached hydrogen (secondary N) is 2. The molecule has 0 unspecified atom stereocenters. The molecule has 28 heavy (non-hydrogen) atoms. The molecule has 2 N–H and O–H groups in total. The van der Waals surface area contributed by atoms with Crippen LogP contribution in [0.2, 0.25) is 5.02 Å². The lowest BCUT2D eigenvalue weighted by molar-refractivity contribution is -0.384. The molecule has 0 radical (unpaired) electrons. The Morgan fingerprint density at radius 1 is 1.14 bits per heavy atom. The van der Waals surface area contributed by atoms with Crippen LogP contribution in [0.4, 0.5) is 5.69 Å². The minimum absolute atomic E-state index is 0.0380. The molecule has 7 nitrogen and oxygen atoms in total. The number of rotatable bonds is 6. The molecule has 2 rings (SSSR count). The molecule has 1 saturated carbocycles. The lowest BCUT2D eigenvalue weighted by atomic mass is 9.95. The van der Waals surface area contributed by atoms with Crippen molar-refractivity contribution in [1.82, 2.24) is 10.6 Å². The summed E-state index contributed by atoms with van der Waals surface area (Å²) in [6.07, 6.45) is 7.72. The average molecular weight is 410 g/mol. The number of benzene rings is 1. The van der Waals surface area contributed by atoms with Gasteiger partial charge in [0.15, 0.2) is 0 Å². The maximum absolute atomic E-state index is 12.8. The van der Waals surface area contributed by atoms with Gasteiger partial charge >= 0.3 is 0 Å². The van der Waals surface area contributed by atoms with Crippen LogP contribution < -0.4 is 10.6 Å². The molecule has 0 spiro atoms. The summed E-state index contributed by atoms with van der Waals surface area (Å²) < 4.78 is 0. The summed E-state index contributed by atoms with van der Waals surface area (Å²) in [4.78, 5) is 35.8. The molecule has 1 aromatic carbocycles. The van der Waals surface area contributed by atoms with Gasteiger partial charge in [0, 0.05) is 17.7 Å². The fourth-order valence-corrected chi connectivity index (χ4v) is 3.63. The van der Waals surface area contributed by atoms with Gasteiger partial charge in [-0.1, -0.05) is 57.6 Å². The molecule has 2 amide bonds. The van der Waals surface area contributed by atoms with E-state index in [1.54, 1.807) is 0 Å². The molecule has 0 bridgehead atoms. The third kappa shape index (κ3) is 6.19. The van der Waals surface area contributed by atoms with Crippen molar-refractivity contribution in [2.75, 3.05) is 0 Å². The summed E-state index contributed by atoms with van der Waals surface area (Å²) in [6.45, 7) is 3.71. The number of halogens is 1. The zero-order valence-electron chi connectivity index (χ0n) is 16.4. The van der Waals surface area contributed by atoms with Crippen molar-refractivity contribution >= 4 is 29.1 Å². The van der Waals surface area contributed by atoms with Gasteiger partial charge in [-0.2, -0.15) is 0 Å². The lowest BCUT2D eigenvalue weighted by Crippen LogP contribution is -2.52. The van der Waals surface area contributed by atoms with E-state index in [9.17, 15) is 19.7 Å². The average Bonchev–Trinajstić information content (AvgIpc) is 2.61. The number of carbonyl (C=O) groups is 2. The van der Waals surface area contributed by atoms with Crippen LogP contribution in [0, 0.1) is 16.0 Å². The first kappa shape index (κ1) is 22.1. The quantitative estimate of drug-likeness (QED) is 0.542. The summed E-state index contributed by atoms with van der Waals surface area (Å²) >= 11 is 5.80. The first-order chi connectivity index (χ1) is 13.3. The Kier molecular flexibility index (Phi) is 8.23. The number of hydrogen-bond acceptors (Lipinski definition) is 4. The van der Waals surface area contributed by atoms with Crippen LogP contribution in [0.5, 0.6) is 0 Å². The van der Waals surface area contributed by atoms with Crippen molar-refractivity contribution in [1.29, 1.82) is 0 Å². The summed E-state index contributed by atoms with van der Waals surface area (Å²) in [6, 6.07) is 3.26. The molecule has 1 aliphatic rings. The molecule has 1 atom stereocenters. The fraction of sp³-hybridized carbons (Fsp3) is 0.600. The predicted molar refractivity (Wildman–Crippen MR) is 108 cm³/mol. The van der Waals surface area contributed by atoms with E-state index < -0.39 is 16.9 Å². The van der Waals surface area contributed by atoms with Gasteiger partial charge < -0.3 is 10.6 Å². The molecule has 0 heterocycles. The minimum atomic E-state index is -0.715. The monoisotopic (exact) mass is 409 g/mol. The molecule has 0 saturated heterocycles. The number of hydrogen-bond donors (Lipinski definition) is 2. The van der Waals surface area contributed by atoms with Gasteiger partial charge in [0.25, 0.3) is 11.6 Å². The van der Waals surface area contributed by atoms with Gasteiger partial charge in [-0.3, -0.25) is 19.7 Å². The third-order valence-electron chi connectivity index (χ3n) is 5.09. The van der Waals surface area contributed by atoms with Crippen molar-refractivity contribution in [2.45, 2.75) is 70.9 Å². The number of nitrogens with zero attached hydrogens (tertiary/aromatic N) is 1. The van der Waals surface area contributed by atoms with E-state index >= 15 is 0 Å². The van der Waals surface area contributed by atoms with Crippen molar-refractivity contribution in [3.63, 3.8) is 0 Å². The second-order valence-corrected chi connectivity index (χ2v) is 8.08. The van der Waals surface area contributed by atoms with Crippen molar-refractivity contribution in [3.8, 4) is 0 Å². The smallest absolute Gasteiger partial charge is 0.288 e. The van der Waals surface area contributed by atoms with Crippen LogP contribution >= 0.6 is 11.6 Å². The number of nitro groups is 1. The Morgan fingerprint density at radius 2 is 1.75 bits per heavy atom. The molecular formula is C20H28ClN3O4. The van der Waals surface area contributed by atoms with Gasteiger partial charge in [-0.25, -0.2) is 0 Å². The predicted octanol–water partition coefficient (Wildman–Crippen LogP) is 4.23. The standard InChI is InChI=1S/C20H28ClN3O4/c1-13(2)18(20(26)22-15-8-6-4-3-5-7-9-15)23-19(25)14-10-11-16(21)17(12-14)24(27)28/h10-13,15,18H,3-9H2,1-2H3,(H,22,26)(H,23,25)/t18-/m0/s1. The first-order valence-electron chi connectivity index (χ1n) is 9.84. The summed E-state index contributed by atoms with van der Waals surface area (Å²) in [5, 5.41) is 16.8.